The molecular formula is C15H26O3Si. The second-order valence-corrected chi connectivity index (χ2v) is 11.9. The van der Waals surface area contributed by atoms with Gasteiger partial charge in [0.15, 0.2) is 8.32 Å². The highest BCUT2D eigenvalue weighted by Gasteiger charge is 2.50. The number of hydrogen-bond acceptors (Lipinski definition) is 3. The SMILES string of the molecule is C#CCC1CO[C@@H]2[C@@H]1OC[C@H]2O[Si](C)(C)C(C)(C)C. The van der Waals surface area contributed by atoms with E-state index in [0.717, 1.165) is 6.42 Å². The Morgan fingerprint density at radius 1 is 1.21 bits per heavy atom. The minimum Gasteiger partial charge on any atom is -0.409 e. The lowest BCUT2D eigenvalue weighted by Crippen LogP contribution is -2.47. The molecule has 2 heterocycles. The van der Waals surface area contributed by atoms with Crippen LogP contribution in [0.25, 0.3) is 0 Å². The average molecular weight is 282 g/mol. The van der Waals surface area contributed by atoms with E-state index in [0.29, 0.717) is 19.1 Å². The largest absolute Gasteiger partial charge is 0.409 e. The molecule has 19 heavy (non-hydrogen) atoms. The molecule has 0 N–H and O–H groups in total. The Kier molecular flexibility index (Phi) is 4.13. The summed E-state index contributed by atoms with van der Waals surface area (Å²) in [7, 11) is -1.77. The summed E-state index contributed by atoms with van der Waals surface area (Å²) in [4.78, 5) is 0. The Bertz CT molecular complexity index is 367. The molecule has 0 spiro atoms. The van der Waals surface area contributed by atoms with Crippen LogP contribution in [0.15, 0.2) is 0 Å². The van der Waals surface area contributed by atoms with Crippen molar-refractivity contribution in [3.05, 3.63) is 0 Å². The van der Waals surface area contributed by atoms with Gasteiger partial charge in [-0.15, -0.1) is 12.3 Å². The van der Waals surface area contributed by atoms with Gasteiger partial charge in [-0.3, -0.25) is 0 Å². The van der Waals surface area contributed by atoms with Crippen LogP contribution in [0.3, 0.4) is 0 Å². The molecule has 0 aromatic rings. The Morgan fingerprint density at radius 2 is 1.84 bits per heavy atom. The number of hydrogen-bond donors (Lipinski definition) is 0. The van der Waals surface area contributed by atoms with Crippen LogP contribution in [0.2, 0.25) is 18.1 Å². The summed E-state index contributed by atoms with van der Waals surface area (Å²) in [5.41, 5.74) is 0. The molecule has 4 heteroatoms. The van der Waals surface area contributed by atoms with Crippen molar-refractivity contribution in [3.63, 3.8) is 0 Å². The van der Waals surface area contributed by atoms with Gasteiger partial charge in [0, 0.05) is 12.3 Å². The van der Waals surface area contributed by atoms with Gasteiger partial charge in [-0.05, 0) is 18.1 Å². The standard InChI is InChI=1S/C15H26O3Si/c1-7-8-11-9-16-14-12(10-17-13(11)14)18-19(5,6)15(2,3)4/h1,11-14H,8-10H2,2-6H3/t11?,12-,13-,14+/m1/s1. The van der Waals surface area contributed by atoms with E-state index >= 15 is 0 Å². The van der Waals surface area contributed by atoms with Crippen molar-refractivity contribution < 1.29 is 13.9 Å². The van der Waals surface area contributed by atoms with Crippen molar-refractivity contribution in [1.29, 1.82) is 0 Å². The molecule has 0 aromatic heterocycles. The lowest BCUT2D eigenvalue weighted by molar-refractivity contribution is 0.0231. The predicted octanol–water partition coefficient (Wildman–Crippen LogP) is 2.81. The fourth-order valence-corrected chi connectivity index (χ4v) is 3.84. The van der Waals surface area contributed by atoms with Gasteiger partial charge in [-0.2, -0.15) is 0 Å². The lowest BCUT2D eigenvalue weighted by Gasteiger charge is -2.39. The highest BCUT2D eigenvalue weighted by atomic mass is 28.4. The third-order valence-electron chi connectivity index (χ3n) is 4.74. The molecule has 2 saturated heterocycles. The zero-order valence-corrected chi connectivity index (χ0v) is 13.7. The van der Waals surface area contributed by atoms with Crippen LogP contribution in [-0.4, -0.2) is 39.8 Å². The molecule has 2 rings (SSSR count). The van der Waals surface area contributed by atoms with Gasteiger partial charge in [-0.1, -0.05) is 20.8 Å². The second kappa shape index (κ2) is 5.21. The molecule has 2 fully saturated rings. The third-order valence-corrected chi connectivity index (χ3v) is 9.25. The Labute approximate surface area is 118 Å². The van der Waals surface area contributed by atoms with Crippen molar-refractivity contribution in [2.75, 3.05) is 13.2 Å². The normalized spacial score (nSPS) is 35.2. The number of fused-ring (bicyclic) bond motifs is 1. The molecule has 0 amide bonds. The zero-order valence-electron chi connectivity index (χ0n) is 12.7. The summed E-state index contributed by atoms with van der Waals surface area (Å²) >= 11 is 0. The quantitative estimate of drug-likeness (QED) is 0.588. The molecular weight excluding hydrogens is 256 g/mol. The summed E-state index contributed by atoms with van der Waals surface area (Å²) in [5, 5.41) is 0.210. The van der Waals surface area contributed by atoms with Crippen molar-refractivity contribution in [2.24, 2.45) is 5.92 Å². The molecule has 0 saturated carbocycles. The van der Waals surface area contributed by atoms with Crippen LogP contribution in [0.5, 0.6) is 0 Å². The molecule has 2 aliphatic rings. The number of terminal acetylenes is 1. The first-order valence-electron chi connectivity index (χ1n) is 7.11. The fraction of sp³-hybridized carbons (Fsp3) is 0.867. The molecule has 1 unspecified atom stereocenters. The molecule has 2 aliphatic heterocycles. The predicted molar refractivity (Wildman–Crippen MR) is 78.5 cm³/mol. The van der Waals surface area contributed by atoms with E-state index in [1.165, 1.54) is 0 Å². The van der Waals surface area contributed by atoms with E-state index in [1.807, 2.05) is 0 Å². The van der Waals surface area contributed by atoms with Crippen molar-refractivity contribution in [2.45, 2.75) is 63.6 Å². The van der Waals surface area contributed by atoms with Gasteiger partial charge < -0.3 is 13.9 Å². The smallest absolute Gasteiger partial charge is 0.192 e. The highest BCUT2D eigenvalue weighted by molar-refractivity contribution is 6.74. The number of ether oxygens (including phenoxy) is 2. The first-order valence-corrected chi connectivity index (χ1v) is 10.0. The van der Waals surface area contributed by atoms with E-state index in [9.17, 15) is 0 Å². The average Bonchev–Trinajstić information content (AvgIpc) is 2.82. The molecule has 0 radical (unpaired) electrons. The Hall–Kier alpha value is -0.343. The summed E-state index contributed by atoms with van der Waals surface area (Å²) in [6.07, 6.45) is 6.41. The topological polar surface area (TPSA) is 27.7 Å². The summed E-state index contributed by atoms with van der Waals surface area (Å²) in [5.74, 6) is 3.05. The minimum atomic E-state index is -1.77. The van der Waals surface area contributed by atoms with Gasteiger partial charge in [0.2, 0.25) is 0 Å². The van der Waals surface area contributed by atoms with Crippen molar-refractivity contribution >= 4 is 8.32 Å². The molecule has 3 nitrogen and oxygen atoms in total. The minimum absolute atomic E-state index is 0.0764. The van der Waals surface area contributed by atoms with Gasteiger partial charge in [-0.25, -0.2) is 0 Å². The van der Waals surface area contributed by atoms with E-state index in [1.54, 1.807) is 0 Å². The molecule has 108 valence electrons. The number of rotatable bonds is 3. The van der Waals surface area contributed by atoms with Crippen LogP contribution in [0.1, 0.15) is 27.2 Å². The Balaban J connectivity index is 2.00. The van der Waals surface area contributed by atoms with Crippen LogP contribution in [-0.2, 0) is 13.9 Å². The second-order valence-electron chi connectivity index (χ2n) is 7.18. The monoisotopic (exact) mass is 282 g/mol. The maximum absolute atomic E-state index is 6.44. The maximum atomic E-state index is 6.44. The summed E-state index contributed by atoms with van der Waals surface area (Å²) in [6, 6.07) is 0. The van der Waals surface area contributed by atoms with Gasteiger partial charge in [0.1, 0.15) is 6.10 Å². The fourth-order valence-electron chi connectivity index (χ4n) is 2.53. The van der Waals surface area contributed by atoms with Crippen LogP contribution >= 0.6 is 0 Å². The van der Waals surface area contributed by atoms with Gasteiger partial charge in [0.05, 0.1) is 25.4 Å². The van der Waals surface area contributed by atoms with Crippen LogP contribution in [0, 0.1) is 18.3 Å². The van der Waals surface area contributed by atoms with Crippen LogP contribution in [0.4, 0.5) is 0 Å². The van der Waals surface area contributed by atoms with E-state index in [4.69, 9.17) is 20.3 Å². The van der Waals surface area contributed by atoms with Gasteiger partial charge in [0.25, 0.3) is 0 Å². The van der Waals surface area contributed by atoms with E-state index < -0.39 is 8.32 Å². The molecule has 0 aliphatic carbocycles. The lowest BCUT2D eigenvalue weighted by atomic mass is 9.98. The van der Waals surface area contributed by atoms with Crippen molar-refractivity contribution in [3.8, 4) is 12.3 Å². The zero-order chi connectivity index (χ0) is 14.3. The third kappa shape index (κ3) is 2.90. The van der Waals surface area contributed by atoms with Crippen LogP contribution < -0.4 is 0 Å². The van der Waals surface area contributed by atoms with Crippen molar-refractivity contribution in [1.82, 2.24) is 0 Å². The summed E-state index contributed by atoms with van der Waals surface area (Å²) in [6.45, 7) is 12.7. The first-order chi connectivity index (χ1) is 8.76. The molecule has 4 atom stereocenters. The highest BCUT2D eigenvalue weighted by Crippen LogP contribution is 2.41. The Morgan fingerprint density at radius 3 is 2.42 bits per heavy atom. The van der Waals surface area contributed by atoms with Gasteiger partial charge >= 0.3 is 0 Å². The summed E-state index contributed by atoms with van der Waals surface area (Å²) < 4.78 is 18.2. The van der Waals surface area contributed by atoms with E-state index in [2.05, 4.69) is 39.8 Å². The molecule has 0 bridgehead atoms. The van der Waals surface area contributed by atoms with E-state index in [-0.39, 0.29) is 23.4 Å². The molecule has 0 aromatic carbocycles. The maximum Gasteiger partial charge on any atom is 0.192 e. The first kappa shape index (κ1) is 15.1.